The largest absolute Gasteiger partial charge is 0.371 e. The molecule has 0 atom stereocenters. The van der Waals surface area contributed by atoms with E-state index in [1.54, 1.807) is 0 Å². The van der Waals surface area contributed by atoms with Crippen LogP contribution in [0.2, 0.25) is 0 Å². The minimum absolute atomic E-state index is 0.0860. The van der Waals surface area contributed by atoms with Gasteiger partial charge in [0.05, 0.1) is 23.5 Å². The van der Waals surface area contributed by atoms with Crippen molar-refractivity contribution in [1.29, 1.82) is 0 Å². The number of nitrogens with one attached hydrogen (secondary N) is 3. The van der Waals surface area contributed by atoms with Gasteiger partial charge in [0.2, 0.25) is 0 Å². The molecule has 130 valence electrons. The number of aliphatic imine (C=N–C) groups is 1. The smallest absolute Gasteiger partial charge is 0.127 e. The molecule has 0 aromatic heterocycles. The Bertz CT molecular complexity index is 803. The number of fused-ring (bicyclic) bond motifs is 1. The van der Waals surface area contributed by atoms with Gasteiger partial charge in [0.1, 0.15) is 5.84 Å². The summed E-state index contributed by atoms with van der Waals surface area (Å²) in [5, 5.41) is 10.9. The maximum atomic E-state index is 5.05. The number of anilines is 2. The van der Waals surface area contributed by atoms with Crippen LogP contribution in [-0.2, 0) is 6.54 Å². The lowest BCUT2D eigenvalue weighted by Crippen LogP contribution is -2.57. The molecule has 25 heavy (non-hydrogen) atoms. The summed E-state index contributed by atoms with van der Waals surface area (Å²) in [4.78, 5) is 5.05. The Morgan fingerprint density at radius 2 is 1.72 bits per heavy atom. The zero-order chi connectivity index (χ0) is 17.3. The van der Waals surface area contributed by atoms with Crippen molar-refractivity contribution < 1.29 is 0 Å². The third-order valence-corrected chi connectivity index (χ3v) is 5.59. The fourth-order valence-corrected chi connectivity index (χ4v) is 3.82. The molecule has 3 N–H and O–H groups in total. The highest BCUT2D eigenvalue weighted by Crippen LogP contribution is 2.35. The summed E-state index contributed by atoms with van der Waals surface area (Å²) in [6.07, 6.45) is 2.08. The van der Waals surface area contributed by atoms with Crippen LogP contribution in [0, 0.1) is 13.8 Å². The van der Waals surface area contributed by atoms with E-state index in [1.165, 1.54) is 22.4 Å². The third-order valence-electron chi connectivity index (χ3n) is 5.59. The predicted octanol–water partition coefficient (Wildman–Crippen LogP) is 3.86. The number of amidine groups is 1. The van der Waals surface area contributed by atoms with Gasteiger partial charge in [0, 0.05) is 0 Å². The van der Waals surface area contributed by atoms with Gasteiger partial charge in [0.25, 0.3) is 0 Å². The standard InChI is InChI=1S/C21H26N4/c1-15-6-5-7-17(16(15)2)14-23-20-21(10-12-22-13-11-21)25-19-9-4-3-8-18(19)24-20/h3-9,22,25H,10-14H2,1-2H3,(H,23,24). The second-order valence-electron chi connectivity index (χ2n) is 7.15. The van der Waals surface area contributed by atoms with Crippen LogP contribution in [-0.4, -0.2) is 24.5 Å². The first-order valence-corrected chi connectivity index (χ1v) is 9.13. The van der Waals surface area contributed by atoms with E-state index in [0.29, 0.717) is 0 Å². The molecule has 1 saturated heterocycles. The molecule has 2 aromatic rings. The lowest BCUT2D eigenvalue weighted by atomic mass is 9.84. The van der Waals surface area contributed by atoms with E-state index >= 15 is 0 Å². The highest BCUT2D eigenvalue weighted by atomic mass is 15.2. The summed E-state index contributed by atoms with van der Waals surface area (Å²) in [6.45, 7) is 7.09. The Labute approximate surface area is 149 Å². The van der Waals surface area contributed by atoms with Crippen LogP contribution >= 0.6 is 0 Å². The van der Waals surface area contributed by atoms with Crippen molar-refractivity contribution in [2.45, 2.75) is 38.8 Å². The molecule has 2 aliphatic rings. The van der Waals surface area contributed by atoms with E-state index in [1.807, 2.05) is 0 Å². The number of para-hydroxylation sites is 2. The summed E-state index contributed by atoms with van der Waals surface area (Å²) in [5.74, 6) is 1.08. The number of piperidine rings is 1. The van der Waals surface area contributed by atoms with E-state index < -0.39 is 0 Å². The van der Waals surface area contributed by atoms with Crippen LogP contribution < -0.4 is 16.0 Å². The van der Waals surface area contributed by atoms with Crippen LogP contribution in [0.5, 0.6) is 0 Å². The van der Waals surface area contributed by atoms with E-state index in [0.717, 1.165) is 44.0 Å². The average Bonchev–Trinajstić information content (AvgIpc) is 2.64. The fraction of sp³-hybridized carbons (Fsp3) is 0.381. The van der Waals surface area contributed by atoms with Gasteiger partial charge in [-0.3, -0.25) is 4.99 Å². The van der Waals surface area contributed by atoms with Gasteiger partial charge in [-0.25, -0.2) is 0 Å². The summed E-state index contributed by atoms with van der Waals surface area (Å²) in [5.41, 5.74) is 6.18. The molecule has 4 nitrogen and oxygen atoms in total. The van der Waals surface area contributed by atoms with Crippen LogP contribution in [0.25, 0.3) is 0 Å². The molecule has 0 radical (unpaired) electrons. The first kappa shape index (κ1) is 16.2. The molecule has 0 bridgehead atoms. The van der Waals surface area contributed by atoms with E-state index in [-0.39, 0.29) is 5.54 Å². The van der Waals surface area contributed by atoms with Crippen molar-refractivity contribution in [2.24, 2.45) is 4.99 Å². The monoisotopic (exact) mass is 334 g/mol. The summed E-state index contributed by atoms with van der Waals surface area (Å²) >= 11 is 0. The van der Waals surface area contributed by atoms with E-state index in [2.05, 4.69) is 72.3 Å². The molecule has 2 aromatic carbocycles. The molecular formula is C21H26N4. The molecule has 0 saturated carbocycles. The van der Waals surface area contributed by atoms with Gasteiger partial charge < -0.3 is 16.0 Å². The highest BCUT2D eigenvalue weighted by molar-refractivity contribution is 6.09. The maximum absolute atomic E-state index is 5.05. The first-order chi connectivity index (χ1) is 12.2. The Balaban J connectivity index is 1.68. The minimum atomic E-state index is -0.0860. The molecule has 4 heteroatoms. The van der Waals surface area contributed by atoms with Crippen molar-refractivity contribution >= 4 is 17.2 Å². The second kappa shape index (κ2) is 6.52. The second-order valence-corrected chi connectivity index (χ2v) is 7.15. The van der Waals surface area contributed by atoms with Crippen LogP contribution in [0.3, 0.4) is 0 Å². The normalized spacial score (nSPS) is 20.0. The van der Waals surface area contributed by atoms with Gasteiger partial charge in [0.15, 0.2) is 0 Å². The molecule has 2 aliphatic heterocycles. The van der Waals surface area contributed by atoms with Gasteiger partial charge in [-0.1, -0.05) is 30.3 Å². The summed E-state index contributed by atoms with van der Waals surface area (Å²) in [6, 6.07) is 14.9. The number of hydrogen-bond acceptors (Lipinski definition) is 3. The topological polar surface area (TPSA) is 48.5 Å². The van der Waals surface area contributed by atoms with Crippen molar-refractivity contribution in [3.8, 4) is 0 Å². The maximum Gasteiger partial charge on any atom is 0.127 e. The van der Waals surface area contributed by atoms with Crippen molar-refractivity contribution in [2.75, 3.05) is 23.7 Å². The number of hydrogen-bond donors (Lipinski definition) is 3. The highest BCUT2D eigenvalue weighted by Gasteiger charge is 2.40. The van der Waals surface area contributed by atoms with Gasteiger partial charge in [-0.05, 0) is 68.6 Å². The third kappa shape index (κ3) is 3.02. The number of benzene rings is 2. The summed E-state index contributed by atoms with van der Waals surface area (Å²) < 4.78 is 0. The van der Waals surface area contributed by atoms with Crippen LogP contribution in [0.15, 0.2) is 47.5 Å². The molecule has 0 aliphatic carbocycles. The lowest BCUT2D eigenvalue weighted by molar-refractivity contribution is 0.419. The van der Waals surface area contributed by atoms with Gasteiger partial charge >= 0.3 is 0 Å². The Hall–Kier alpha value is -2.33. The average molecular weight is 334 g/mol. The number of rotatable bonds is 2. The Morgan fingerprint density at radius 1 is 0.960 bits per heavy atom. The molecule has 0 unspecified atom stereocenters. The van der Waals surface area contributed by atoms with Gasteiger partial charge in [-0.15, -0.1) is 0 Å². The summed E-state index contributed by atoms with van der Waals surface area (Å²) in [7, 11) is 0. The fourth-order valence-electron chi connectivity index (χ4n) is 3.82. The van der Waals surface area contributed by atoms with Crippen molar-refractivity contribution in [1.82, 2.24) is 5.32 Å². The number of nitrogens with zero attached hydrogens (tertiary/aromatic N) is 1. The molecule has 4 rings (SSSR count). The molecule has 2 heterocycles. The number of aryl methyl sites for hydroxylation is 1. The van der Waals surface area contributed by atoms with Crippen LogP contribution in [0.4, 0.5) is 11.4 Å². The first-order valence-electron chi connectivity index (χ1n) is 9.13. The Morgan fingerprint density at radius 3 is 2.52 bits per heavy atom. The lowest BCUT2D eigenvalue weighted by Gasteiger charge is -2.44. The van der Waals surface area contributed by atoms with Crippen LogP contribution in [0.1, 0.15) is 29.5 Å². The quantitative estimate of drug-likeness (QED) is 0.781. The molecular weight excluding hydrogens is 308 g/mol. The molecule has 0 amide bonds. The van der Waals surface area contributed by atoms with E-state index in [4.69, 9.17) is 4.99 Å². The minimum Gasteiger partial charge on any atom is -0.371 e. The zero-order valence-corrected chi connectivity index (χ0v) is 15.0. The van der Waals surface area contributed by atoms with Crippen molar-refractivity contribution in [3.63, 3.8) is 0 Å². The SMILES string of the molecule is Cc1cccc(CN=C2Nc3ccccc3NC23CCNCC3)c1C. The molecule has 1 spiro atoms. The zero-order valence-electron chi connectivity index (χ0n) is 15.0. The Kier molecular flexibility index (Phi) is 4.22. The van der Waals surface area contributed by atoms with Crippen molar-refractivity contribution in [3.05, 3.63) is 59.2 Å². The predicted molar refractivity (Wildman–Crippen MR) is 106 cm³/mol. The van der Waals surface area contributed by atoms with Gasteiger partial charge in [-0.2, -0.15) is 0 Å². The van der Waals surface area contributed by atoms with E-state index in [9.17, 15) is 0 Å². The molecule has 1 fully saturated rings.